The molecule has 50 heavy (non-hydrogen) atoms. The van der Waals surface area contributed by atoms with Gasteiger partial charge in [0.25, 0.3) is 0 Å². The number of hydrogen-bond donors (Lipinski definition) is 0. The first-order valence-corrected chi connectivity index (χ1v) is 16.2. The molecule has 0 unspecified atom stereocenters. The van der Waals surface area contributed by atoms with Crippen molar-refractivity contribution in [1.82, 2.24) is 19.5 Å². The lowest BCUT2D eigenvalue weighted by Crippen LogP contribution is -2.00. The van der Waals surface area contributed by atoms with Gasteiger partial charge < -0.3 is 8.98 Å². The molecule has 0 saturated heterocycles. The highest BCUT2D eigenvalue weighted by molar-refractivity contribution is 6.11. The number of hydrogen-bond acceptors (Lipinski definition) is 4. The molecule has 0 radical (unpaired) electrons. The molecule has 3 aromatic heterocycles. The summed E-state index contributed by atoms with van der Waals surface area (Å²) in [5, 5.41) is 2.06. The standard InChI is InChI=1S/C45H28N4O/c1-3-13-29(14-4-1)31-17-11-18-32(27-31)44-46-43(30-15-5-2-6-16-30)47-45(48-44)38-22-12-21-37-36-26-25-33(28-41(36)50-42(37)38)49-39-23-9-7-19-34(39)35-20-8-10-24-40(35)49/h1-28H/i7D,8D,19D,20D,23D,24D. The summed E-state index contributed by atoms with van der Waals surface area (Å²) in [5.41, 5.74) is 6.68. The minimum absolute atomic E-state index is 0.0244. The number of fused-ring (bicyclic) bond motifs is 6. The smallest absolute Gasteiger partial charge is 0.167 e. The van der Waals surface area contributed by atoms with Gasteiger partial charge in [-0.1, -0.05) is 127 Å². The van der Waals surface area contributed by atoms with E-state index >= 15 is 0 Å². The van der Waals surface area contributed by atoms with Gasteiger partial charge in [-0.25, -0.2) is 15.0 Å². The lowest BCUT2D eigenvalue weighted by atomic mass is 10.0. The van der Waals surface area contributed by atoms with Gasteiger partial charge in [0.05, 0.1) is 24.8 Å². The van der Waals surface area contributed by atoms with Crippen LogP contribution in [0.4, 0.5) is 0 Å². The molecular formula is C45H28N4O. The van der Waals surface area contributed by atoms with E-state index in [0.717, 1.165) is 33.0 Å². The highest BCUT2D eigenvalue weighted by Crippen LogP contribution is 2.38. The van der Waals surface area contributed by atoms with Gasteiger partial charge in [-0.3, -0.25) is 0 Å². The third-order valence-corrected chi connectivity index (χ3v) is 9.00. The summed E-state index contributed by atoms with van der Waals surface area (Å²) in [4.78, 5) is 15.0. The number of rotatable bonds is 5. The Balaban J connectivity index is 1.18. The van der Waals surface area contributed by atoms with E-state index in [-0.39, 0.29) is 58.1 Å². The normalized spacial score (nSPS) is 13.3. The molecule has 7 aromatic carbocycles. The second-order valence-electron chi connectivity index (χ2n) is 12.0. The molecule has 0 aliphatic heterocycles. The van der Waals surface area contributed by atoms with Crippen LogP contribution in [-0.4, -0.2) is 19.5 Å². The molecular weight excluding hydrogens is 613 g/mol. The second-order valence-corrected chi connectivity index (χ2v) is 12.0. The fourth-order valence-electron chi connectivity index (χ4n) is 6.69. The Bertz CT molecular complexity index is 3150. The van der Waals surface area contributed by atoms with Crippen LogP contribution < -0.4 is 0 Å². The maximum absolute atomic E-state index is 8.87. The van der Waals surface area contributed by atoms with Crippen LogP contribution in [0, 0.1) is 0 Å². The summed E-state index contributed by atoms with van der Waals surface area (Å²) >= 11 is 0. The SMILES string of the molecule is [2H]c1cc([2H])c2c(c1[2H])c1c([2H])c([2H])cc([2H])c1n2-c1ccc2c(c1)oc1c(-c3nc(-c4ccccc4)nc(-c4cccc(-c5ccccc5)c4)n3)cccc12. The molecule has 5 heteroatoms. The molecule has 3 heterocycles. The van der Waals surface area contributed by atoms with Gasteiger partial charge in [0.15, 0.2) is 17.5 Å². The monoisotopic (exact) mass is 646 g/mol. The maximum Gasteiger partial charge on any atom is 0.167 e. The van der Waals surface area contributed by atoms with Gasteiger partial charge in [0.1, 0.15) is 11.2 Å². The highest BCUT2D eigenvalue weighted by atomic mass is 16.3. The molecule has 0 aliphatic carbocycles. The van der Waals surface area contributed by atoms with E-state index in [9.17, 15) is 0 Å². The Kier molecular flexibility index (Phi) is 5.17. The molecule has 0 spiro atoms. The van der Waals surface area contributed by atoms with Crippen LogP contribution in [0.1, 0.15) is 8.22 Å². The Morgan fingerprint density at radius 2 is 1.08 bits per heavy atom. The molecule has 0 bridgehead atoms. The first kappa shape index (κ1) is 22.7. The highest BCUT2D eigenvalue weighted by Gasteiger charge is 2.19. The zero-order valence-electron chi connectivity index (χ0n) is 32.4. The molecule has 0 N–H and O–H groups in total. The fourth-order valence-corrected chi connectivity index (χ4v) is 6.69. The first-order valence-electron chi connectivity index (χ1n) is 19.2. The van der Waals surface area contributed by atoms with Crippen molar-refractivity contribution in [3.63, 3.8) is 0 Å². The molecule has 10 rings (SSSR count). The van der Waals surface area contributed by atoms with E-state index in [4.69, 9.17) is 27.6 Å². The van der Waals surface area contributed by atoms with Crippen molar-refractivity contribution >= 4 is 43.7 Å². The van der Waals surface area contributed by atoms with Crippen molar-refractivity contribution in [3.8, 4) is 51.0 Å². The van der Waals surface area contributed by atoms with Gasteiger partial charge in [0, 0.05) is 44.4 Å². The fraction of sp³-hybridized carbons (Fsp3) is 0. The predicted octanol–water partition coefficient (Wildman–Crippen LogP) is 11.5. The minimum Gasteiger partial charge on any atom is -0.455 e. The van der Waals surface area contributed by atoms with Crippen LogP contribution in [0.5, 0.6) is 0 Å². The van der Waals surface area contributed by atoms with E-state index in [1.807, 2.05) is 97.1 Å². The number of aromatic nitrogens is 4. The summed E-state index contributed by atoms with van der Waals surface area (Å²) in [6, 6.07) is 41.4. The van der Waals surface area contributed by atoms with Crippen molar-refractivity contribution in [2.75, 3.05) is 0 Å². The second kappa shape index (κ2) is 11.4. The molecule has 0 amide bonds. The van der Waals surface area contributed by atoms with E-state index in [2.05, 4.69) is 24.3 Å². The summed E-state index contributed by atoms with van der Waals surface area (Å²) in [6.07, 6.45) is 0. The van der Waals surface area contributed by atoms with E-state index in [1.54, 1.807) is 4.57 Å². The number of benzene rings is 7. The van der Waals surface area contributed by atoms with Crippen LogP contribution in [0.2, 0.25) is 0 Å². The van der Waals surface area contributed by atoms with Gasteiger partial charge in [0.2, 0.25) is 0 Å². The molecule has 0 atom stereocenters. The molecule has 0 saturated carbocycles. The average molecular weight is 647 g/mol. The largest absolute Gasteiger partial charge is 0.455 e. The quantitative estimate of drug-likeness (QED) is 0.187. The maximum atomic E-state index is 8.87. The van der Waals surface area contributed by atoms with Crippen molar-refractivity contribution < 1.29 is 12.6 Å². The third kappa shape index (κ3) is 4.60. The molecule has 10 aromatic rings. The van der Waals surface area contributed by atoms with Crippen LogP contribution >= 0.6 is 0 Å². The van der Waals surface area contributed by atoms with Crippen molar-refractivity contribution in [3.05, 3.63) is 170 Å². The number of nitrogens with zero attached hydrogens (tertiary/aromatic N) is 4. The van der Waals surface area contributed by atoms with Gasteiger partial charge in [-0.05, 0) is 47.5 Å². The lowest BCUT2D eigenvalue weighted by Gasteiger charge is -2.10. The number of para-hydroxylation sites is 3. The van der Waals surface area contributed by atoms with Gasteiger partial charge >= 0.3 is 0 Å². The Labute approximate surface area is 296 Å². The zero-order chi connectivity index (χ0) is 38.2. The Hall–Kier alpha value is -6.85. The van der Waals surface area contributed by atoms with Crippen molar-refractivity contribution in [2.45, 2.75) is 0 Å². The van der Waals surface area contributed by atoms with Crippen molar-refractivity contribution in [2.24, 2.45) is 0 Å². The first-order chi connectivity index (χ1) is 27.2. The average Bonchev–Trinajstić information content (AvgIpc) is 3.80. The number of furan rings is 1. The van der Waals surface area contributed by atoms with Crippen LogP contribution in [0.25, 0.3) is 94.7 Å². The Morgan fingerprint density at radius 1 is 0.460 bits per heavy atom. The van der Waals surface area contributed by atoms with Crippen molar-refractivity contribution in [1.29, 1.82) is 0 Å². The van der Waals surface area contributed by atoms with Crippen LogP contribution in [0.3, 0.4) is 0 Å². The summed E-state index contributed by atoms with van der Waals surface area (Å²) < 4.78 is 60.3. The molecule has 5 nitrogen and oxygen atoms in total. The van der Waals surface area contributed by atoms with E-state index < -0.39 is 0 Å². The minimum atomic E-state index is -0.163. The third-order valence-electron chi connectivity index (χ3n) is 9.00. The topological polar surface area (TPSA) is 56.7 Å². The van der Waals surface area contributed by atoms with Crippen LogP contribution in [0.15, 0.2) is 174 Å². The van der Waals surface area contributed by atoms with E-state index in [1.165, 1.54) is 12.1 Å². The van der Waals surface area contributed by atoms with E-state index in [0.29, 0.717) is 39.9 Å². The predicted molar refractivity (Wildman–Crippen MR) is 203 cm³/mol. The Morgan fingerprint density at radius 3 is 1.82 bits per heavy atom. The lowest BCUT2D eigenvalue weighted by molar-refractivity contribution is 0.669. The van der Waals surface area contributed by atoms with Gasteiger partial charge in [-0.2, -0.15) is 0 Å². The summed E-state index contributed by atoms with van der Waals surface area (Å²) in [6.45, 7) is 0. The molecule has 0 fully saturated rings. The zero-order valence-corrected chi connectivity index (χ0v) is 26.4. The van der Waals surface area contributed by atoms with Crippen LogP contribution in [-0.2, 0) is 0 Å². The summed E-state index contributed by atoms with van der Waals surface area (Å²) in [5.74, 6) is 1.47. The summed E-state index contributed by atoms with van der Waals surface area (Å²) in [7, 11) is 0. The van der Waals surface area contributed by atoms with Gasteiger partial charge in [-0.15, -0.1) is 0 Å². The molecule has 234 valence electrons. The molecule has 0 aliphatic rings.